The molecule has 87 valence electrons. The zero-order valence-corrected chi connectivity index (χ0v) is 9.23. The summed E-state index contributed by atoms with van der Waals surface area (Å²) in [5.74, 6) is 0.316. The van der Waals surface area contributed by atoms with Crippen LogP contribution in [0.4, 0.5) is 10.2 Å². The molecule has 1 aliphatic heterocycles. The van der Waals surface area contributed by atoms with E-state index in [2.05, 4.69) is 11.1 Å². The number of aliphatic hydroxyl groups excluding tert-OH is 1. The molecule has 1 aromatic heterocycles. The van der Waals surface area contributed by atoms with E-state index >= 15 is 0 Å². The van der Waals surface area contributed by atoms with Gasteiger partial charge < -0.3 is 10.0 Å². The molecule has 0 bridgehead atoms. The Bertz CT molecular complexity index is 553. The molecule has 1 fully saturated rings. The van der Waals surface area contributed by atoms with Gasteiger partial charge in [-0.1, -0.05) is 12.1 Å². The van der Waals surface area contributed by atoms with E-state index in [0.29, 0.717) is 30.7 Å². The Labute approximate surface area is 98.5 Å². The van der Waals surface area contributed by atoms with E-state index in [0.717, 1.165) is 5.39 Å². The molecule has 1 atom stereocenters. The van der Waals surface area contributed by atoms with Gasteiger partial charge in [0.05, 0.1) is 11.5 Å². The molecule has 2 aromatic rings. The Balaban J connectivity index is 2.16. The first-order chi connectivity index (χ1) is 8.25. The van der Waals surface area contributed by atoms with E-state index in [-0.39, 0.29) is 11.9 Å². The number of nitrogens with zero attached hydrogens (tertiary/aromatic N) is 2. The maximum Gasteiger partial charge on any atom is 0.139 e. The van der Waals surface area contributed by atoms with Crippen LogP contribution in [0.25, 0.3) is 10.8 Å². The minimum absolute atomic E-state index is 0.289. The smallest absolute Gasteiger partial charge is 0.139 e. The third kappa shape index (κ3) is 1.74. The predicted molar refractivity (Wildman–Crippen MR) is 63.4 cm³/mol. The molecule has 1 aromatic carbocycles. The van der Waals surface area contributed by atoms with Gasteiger partial charge in [0.2, 0.25) is 0 Å². The van der Waals surface area contributed by atoms with Crippen molar-refractivity contribution in [3.8, 4) is 0 Å². The normalized spacial score (nSPS) is 20.1. The van der Waals surface area contributed by atoms with Crippen LogP contribution in [0, 0.1) is 11.9 Å². The summed E-state index contributed by atoms with van der Waals surface area (Å²) in [5.41, 5.74) is 0. The van der Waals surface area contributed by atoms with E-state index in [9.17, 15) is 9.50 Å². The first-order valence-corrected chi connectivity index (χ1v) is 5.63. The molecule has 0 spiro atoms. The van der Waals surface area contributed by atoms with Gasteiger partial charge in [-0.15, -0.1) is 0 Å². The molecule has 0 aliphatic carbocycles. The van der Waals surface area contributed by atoms with Crippen molar-refractivity contribution in [1.29, 1.82) is 0 Å². The third-order valence-electron chi connectivity index (χ3n) is 3.11. The fourth-order valence-corrected chi connectivity index (χ4v) is 2.27. The maximum atomic E-state index is 13.8. The summed E-state index contributed by atoms with van der Waals surface area (Å²) in [7, 11) is 0. The van der Waals surface area contributed by atoms with Crippen molar-refractivity contribution in [2.24, 2.45) is 0 Å². The van der Waals surface area contributed by atoms with Crippen molar-refractivity contribution in [1.82, 2.24) is 4.98 Å². The number of pyridine rings is 1. The molecule has 3 rings (SSSR count). The highest BCUT2D eigenvalue weighted by Crippen LogP contribution is 2.28. The second-order valence-corrected chi connectivity index (χ2v) is 4.28. The number of hydrogen-bond acceptors (Lipinski definition) is 3. The van der Waals surface area contributed by atoms with E-state index < -0.39 is 0 Å². The molecule has 1 radical (unpaired) electrons. The van der Waals surface area contributed by atoms with Crippen LogP contribution in [-0.2, 0) is 0 Å². The highest BCUT2D eigenvalue weighted by molar-refractivity contribution is 5.92. The number of benzene rings is 1. The minimum atomic E-state index is -0.345. The van der Waals surface area contributed by atoms with Crippen molar-refractivity contribution >= 4 is 16.6 Å². The van der Waals surface area contributed by atoms with Crippen LogP contribution in [0.5, 0.6) is 0 Å². The fourth-order valence-electron chi connectivity index (χ4n) is 2.27. The lowest BCUT2D eigenvalue weighted by atomic mass is 10.1. The van der Waals surface area contributed by atoms with Gasteiger partial charge in [-0.2, -0.15) is 0 Å². The molecule has 0 saturated carbocycles. The van der Waals surface area contributed by atoms with Gasteiger partial charge in [0, 0.05) is 25.4 Å². The fraction of sp³-hybridized carbons (Fsp3) is 0.308. The van der Waals surface area contributed by atoms with Gasteiger partial charge in [0.25, 0.3) is 0 Å². The Hall–Kier alpha value is -1.68. The minimum Gasteiger partial charge on any atom is -0.391 e. The second kappa shape index (κ2) is 3.96. The van der Waals surface area contributed by atoms with Gasteiger partial charge in [-0.05, 0) is 17.9 Å². The molecular weight excluding hydrogens is 219 g/mol. The highest BCUT2D eigenvalue weighted by Gasteiger charge is 2.23. The summed E-state index contributed by atoms with van der Waals surface area (Å²) >= 11 is 0. The lowest BCUT2D eigenvalue weighted by molar-refractivity contribution is 0.198. The van der Waals surface area contributed by atoms with Gasteiger partial charge in [0.1, 0.15) is 11.6 Å². The summed E-state index contributed by atoms with van der Waals surface area (Å²) in [6.07, 6.45) is 1.92. The number of rotatable bonds is 1. The molecule has 1 N–H and O–H groups in total. The van der Waals surface area contributed by atoms with E-state index in [1.165, 1.54) is 6.07 Å². The first-order valence-electron chi connectivity index (χ1n) is 5.63. The number of aromatic nitrogens is 1. The third-order valence-corrected chi connectivity index (χ3v) is 3.11. The lowest BCUT2D eigenvalue weighted by Gasteiger charge is -2.18. The van der Waals surface area contributed by atoms with Gasteiger partial charge >= 0.3 is 0 Å². The first kappa shape index (κ1) is 10.5. The lowest BCUT2D eigenvalue weighted by Crippen LogP contribution is -2.22. The molecule has 1 saturated heterocycles. The van der Waals surface area contributed by atoms with Gasteiger partial charge in [0.15, 0.2) is 0 Å². The molecular formula is C13H12FN2O. The number of fused-ring (bicyclic) bond motifs is 1. The molecule has 3 nitrogen and oxygen atoms in total. The van der Waals surface area contributed by atoms with Crippen LogP contribution >= 0.6 is 0 Å². The van der Waals surface area contributed by atoms with Crippen LogP contribution in [0.15, 0.2) is 24.4 Å². The van der Waals surface area contributed by atoms with E-state index in [1.807, 2.05) is 11.0 Å². The van der Waals surface area contributed by atoms with E-state index in [4.69, 9.17) is 0 Å². The van der Waals surface area contributed by atoms with Crippen LogP contribution < -0.4 is 4.90 Å². The van der Waals surface area contributed by atoms with Gasteiger partial charge in [-0.3, -0.25) is 0 Å². The average Bonchev–Trinajstić information content (AvgIpc) is 2.75. The molecule has 0 unspecified atom stereocenters. The summed E-state index contributed by atoms with van der Waals surface area (Å²) in [6, 6.07) is 7.83. The average molecular weight is 231 g/mol. The Morgan fingerprint density at radius 3 is 3.12 bits per heavy atom. The maximum absolute atomic E-state index is 13.8. The van der Waals surface area contributed by atoms with Gasteiger partial charge in [-0.25, -0.2) is 9.37 Å². The second-order valence-electron chi connectivity index (χ2n) is 4.28. The largest absolute Gasteiger partial charge is 0.391 e. The summed E-state index contributed by atoms with van der Waals surface area (Å²) in [6.45, 7) is 1.22. The SMILES string of the molecule is O[C@H]1CCN(c2nc[c]c3cccc(F)c23)C1. The van der Waals surface area contributed by atoms with Crippen molar-refractivity contribution in [3.05, 3.63) is 36.3 Å². The zero-order valence-electron chi connectivity index (χ0n) is 9.23. The van der Waals surface area contributed by atoms with Crippen molar-refractivity contribution in [2.45, 2.75) is 12.5 Å². The van der Waals surface area contributed by atoms with Crippen LogP contribution in [0.2, 0.25) is 0 Å². The predicted octanol–water partition coefficient (Wildman–Crippen LogP) is 1.75. The number of hydrogen-bond donors (Lipinski definition) is 1. The number of β-amino-alcohol motifs (C(OH)–C–C–N with tert-alkyl or cyclic N) is 1. The summed E-state index contributed by atoms with van der Waals surface area (Å²) < 4.78 is 13.8. The van der Waals surface area contributed by atoms with Crippen LogP contribution in [0.1, 0.15) is 6.42 Å². The number of aliphatic hydroxyl groups is 1. The Morgan fingerprint density at radius 1 is 1.47 bits per heavy atom. The number of anilines is 1. The standard InChI is InChI=1S/C13H12FN2O/c14-11-3-1-2-9-4-6-15-13(12(9)11)16-7-5-10(17)8-16/h1-3,6,10,17H,5,7-8H2/t10-/m0/s1. The monoisotopic (exact) mass is 231 g/mol. The highest BCUT2D eigenvalue weighted by atomic mass is 19.1. The van der Waals surface area contributed by atoms with E-state index in [1.54, 1.807) is 12.3 Å². The topological polar surface area (TPSA) is 36.4 Å². The molecule has 1 aliphatic rings. The van der Waals surface area contributed by atoms with Crippen LogP contribution in [-0.4, -0.2) is 29.3 Å². The molecule has 0 amide bonds. The Kier molecular flexibility index (Phi) is 2.44. The number of halogens is 1. The quantitative estimate of drug-likeness (QED) is 0.812. The molecule has 17 heavy (non-hydrogen) atoms. The van der Waals surface area contributed by atoms with Crippen molar-refractivity contribution < 1.29 is 9.50 Å². The Morgan fingerprint density at radius 2 is 2.35 bits per heavy atom. The van der Waals surface area contributed by atoms with Crippen molar-refractivity contribution in [3.63, 3.8) is 0 Å². The summed E-state index contributed by atoms with van der Waals surface area (Å²) in [4.78, 5) is 6.12. The zero-order chi connectivity index (χ0) is 11.8. The molecule has 2 heterocycles. The molecule has 4 heteroatoms. The summed E-state index contributed by atoms with van der Waals surface area (Å²) in [5, 5.41) is 10.7. The van der Waals surface area contributed by atoms with Crippen LogP contribution in [0.3, 0.4) is 0 Å². The van der Waals surface area contributed by atoms with Crippen molar-refractivity contribution in [2.75, 3.05) is 18.0 Å².